The average Bonchev–Trinajstić information content (AvgIpc) is 0.829. The normalized spacial score (nSPS) is 13.8. The first kappa shape index (κ1) is 106. The van der Waals surface area contributed by atoms with Gasteiger partial charge in [-0.15, -0.1) is 0 Å². The van der Waals surface area contributed by atoms with Crippen molar-refractivity contribution in [2.45, 2.75) is 452 Å². The van der Waals surface area contributed by atoms with Crippen LogP contribution in [0, 0.1) is 0 Å². The van der Waals surface area contributed by atoms with Crippen LogP contribution in [0.5, 0.6) is 0 Å². The Morgan fingerprint density at radius 3 is 1.09 bits per heavy atom. The van der Waals surface area contributed by atoms with Crippen LogP contribution in [0.15, 0.2) is 0 Å². The summed E-state index contributed by atoms with van der Waals surface area (Å²) in [4.78, 5) is 150. The Balaban J connectivity index is 6.38. The molecule has 7 atom stereocenters. The van der Waals surface area contributed by atoms with E-state index in [4.69, 9.17) is 28.4 Å². The molecule has 0 aliphatic heterocycles. The van der Waals surface area contributed by atoms with Gasteiger partial charge in [0.05, 0.1) is 43.0 Å². The number of nitrogens with one attached hydrogen (secondary N) is 7. The fourth-order valence-corrected chi connectivity index (χ4v) is 13.8. The highest BCUT2D eigenvalue weighted by atomic mass is 32.2. The van der Waals surface area contributed by atoms with E-state index in [1.54, 1.807) is 96.9 Å². The largest absolute Gasteiger partial charge is 0.462 e. The summed E-state index contributed by atoms with van der Waals surface area (Å²) in [5, 5.41) is 18.1. The molecule has 0 bridgehead atoms. The Hall–Kier alpha value is -5.56. The Bertz CT molecular complexity index is 2600. The van der Waals surface area contributed by atoms with E-state index >= 15 is 0 Å². The first-order valence-electron chi connectivity index (χ1n) is 43.6. The molecule has 0 saturated heterocycles. The highest BCUT2D eigenvalue weighted by molar-refractivity contribution is 7.99. The van der Waals surface area contributed by atoms with E-state index in [1.807, 2.05) is 0 Å². The molecule has 0 aromatic carbocycles. The van der Waals surface area contributed by atoms with Crippen LogP contribution in [0.2, 0.25) is 0 Å². The summed E-state index contributed by atoms with van der Waals surface area (Å²) < 4.78 is 35.1. The predicted molar refractivity (Wildman–Crippen MR) is 448 cm³/mol. The van der Waals surface area contributed by atoms with Crippen molar-refractivity contribution >= 4 is 77.0 Å². The zero-order valence-electron chi connectivity index (χ0n) is 73.3. The van der Waals surface area contributed by atoms with Gasteiger partial charge in [-0.05, 0) is 123 Å². The van der Waals surface area contributed by atoms with Crippen LogP contribution in [0.3, 0.4) is 0 Å². The monoisotopic (exact) mass is 1610 g/mol. The van der Waals surface area contributed by atoms with Gasteiger partial charge in [0.25, 0.3) is 0 Å². The van der Waals surface area contributed by atoms with Gasteiger partial charge in [0.2, 0.25) is 41.4 Å². The van der Waals surface area contributed by atoms with Crippen LogP contribution in [0.25, 0.3) is 0 Å². The van der Waals surface area contributed by atoms with Crippen molar-refractivity contribution < 1.29 is 81.2 Å². The molecule has 7 amide bonds. The maximum atomic E-state index is 14.4. The first-order valence-corrected chi connectivity index (χ1v) is 44.8. The molecule has 0 aromatic heterocycles. The Labute approximate surface area is 682 Å². The standard InChI is InChI=1S/C87H161N7O17S/c1-18-21-24-27-30-33-36-38-41-44-47-50-53-56-75(99)106-63-68(107-76(100)57-54-51-48-45-42-39-37-34-31-28-25-22-19-2)64-112-65-70(92-71(95)55-52-49-46-43-40-35-32-29-26-23-20-3)80(102)90-61-73(97)88-60-72(96)89-62-74(98)91-69(58-59-77(101)110-86(12,13)14)81(103)93-78(66(4)108-84(6,7)8)82(104)94-79(67(5)109-85(9,10)11)83(105)111-87(15,16)17/h66-70,78-79H,18-65H2,1-17H3,(H,88,97)(H,89,96)(H,90,102)(H,91,98)(H,92,95)(H,93,103)(H,94,104)/t66-,67-,68+,69+,70-,78+,79+/m1/s1. The first-order chi connectivity index (χ1) is 52.9. The van der Waals surface area contributed by atoms with Crippen molar-refractivity contribution in [3.05, 3.63) is 0 Å². The van der Waals surface area contributed by atoms with E-state index in [9.17, 15) is 52.7 Å². The number of rotatable bonds is 68. The Kier molecular flexibility index (Phi) is 60.5. The van der Waals surface area contributed by atoms with E-state index in [2.05, 4.69) is 58.0 Å². The van der Waals surface area contributed by atoms with Crippen LogP contribution in [-0.2, 0) is 81.2 Å². The minimum Gasteiger partial charge on any atom is -0.462 e. The average molecular weight is 1610 g/mol. The number of carbonyl (C=O) groups excluding carboxylic acids is 11. The van der Waals surface area contributed by atoms with Gasteiger partial charge in [0.15, 0.2) is 6.04 Å². The molecule has 0 heterocycles. The number of esters is 4. The third-order valence-electron chi connectivity index (χ3n) is 18.5. The number of unbranched alkanes of at least 4 members (excludes halogenated alkanes) is 34. The lowest BCUT2D eigenvalue weighted by atomic mass is 10.0. The number of amides is 7. The molecule has 0 aliphatic rings. The molecule has 112 heavy (non-hydrogen) atoms. The van der Waals surface area contributed by atoms with Gasteiger partial charge in [-0.25, -0.2) is 4.79 Å². The SMILES string of the molecule is CCCCCCCCCCCCCCCC(=O)OC[C@@H](CSC[C@@H](NC(=O)CCCCCCCCCCCCC)C(=O)NCC(=O)NCC(=O)NCC(=O)N[C@@H](CCC(=O)OC(C)(C)C)C(=O)N[C@H](C(=O)N[C@H](C(=O)OC(C)(C)C)[C@@H](C)OC(C)(C)C)[C@@H](C)OC(C)(C)C)OC(=O)CCCCCCCCCCCCCCC. The third-order valence-corrected chi connectivity index (χ3v) is 19.7. The Morgan fingerprint density at radius 1 is 0.321 bits per heavy atom. The van der Waals surface area contributed by atoms with Crippen molar-refractivity contribution in [1.82, 2.24) is 37.2 Å². The van der Waals surface area contributed by atoms with Gasteiger partial charge in [-0.3, -0.25) is 47.9 Å². The molecule has 0 saturated carbocycles. The summed E-state index contributed by atoms with van der Waals surface area (Å²) in [6.45, 7) is 28.3. The van der Waals surface area contributed by atoms with Crippen molar-refractivity contribution in [3.63, 3.8) is 0 Å². The fourth-order valence-electron chi connectivity index (χ4n) is 12.7. The number of thioether (sulfide) groups is 1. The third kappa shape index (κ3) is 63.7. The maximum Gasteiger partial charge on any atom is 0.331 e. The molecule has 0 spiro atoms. The molecule has 0 fully saturated rings. The van der Waals surface area contributed by atoms with E-state index in [1.165, 1.54) is 166 Å². The van der Waals surface area contributed by atoms with Crippen LogP contribution in [0.1, 0.15) is 387 Å². The quantitative estimate of drug-likeness (QED) is 0.0169. The van der Waals surface area contributed by atoms with E-state index in [0.717, 1.165) is 64.2 Å². The molecule has 24 nitrogen and oxygen atoms in total. The second-order valence-electron chi connectivity index (χ2n) is 34.6. The molecule has 0 aliphatic carbocycles. The molecule has 652 valence electrons. The summed E-state index contributed by atoms with van der Waals surface area (Å²) in [5.41, 5.74) is -3.43. The number of carbonyl (C=O) groups is 11. The van der Waals surface area contributed by atoms with Crippen LogP contribution >= 0.6 is 11.8 Å². The second-order valence-corrected chi connectivity index (χ2v) is 35.7. The van der Waals surface area contributed by atoms with Crippen LogP contribution < -0.4 is 37.2 Å². The van der Waals surface area contributed by atoms with Gasteiger partial charge >= 0.3 is 23.9 Å². The van der Waals surface area contributed by atoms with Crippen molar-refractivity contribution in [3.8, 4) is 0 Å². The summed E-state index contributed by atoms with van der Waals surface area (Å²) in [7, 11) is 0. The van der Waals surface area contributed by atoms with Gasteiger partial charge in [-0.1, -0.05) is 239 Å². The van der Waals surface area contributed by atoms with E-state index < -0.39 is 138 Å². The number of hydrogen-bond acceptors (Lipinski definition) is 18. The van der Waals surface area contributed by atoms with Crippen LogP contribution in [-0.4, -0.2) is 168 Å². The molecule has 0 aromatic rings. The van der Waals surface area contributed by atoms with Gasteiger partial charge in [0.1, 0.15) is 42.0 Å². The number of hydrogen-bond donors (Lipinski definition) is 7. The molecule has 7 N–H and O–H groups in total. The van der Waals surface area contributed by atoms with Crippen molar-refractivity contribution in [2.75, 3.05) is 37.7 Å². The lowest BCUT2D eigenvalue weighted by Gasteiger charge is -2.35. The topological polar surface area (TPSA) is 327 Å². The summed E-state index contributed by atoms with van der Waals surface area (Å²) in [6.07, 6.45) is 39.6. The molecule has 0 rings (SSSR count). The molecular weight excluding hydrogens is 1450 g/mol. The van der Waals surface area contributed by atoms with Crippen molar-refractivity contribution in [1.29, 1.82) is 0 Å². The fraction of sp³-hybridized carbons (Fsp3) is 0.874. The summed E-state index contributed by atoms with van der Waals surface area (Å²) in [6, 6.07) is -5.51. The summed E-state index contributed by atoms with van der Waals surface area (Å²) >= 11 is 1.23. The zero-order valence-corrected chi connectivity index (χ0v) is 74.1. The van der Waals surface area contributed by atoms with E-state index in [0.29, 0.717) is 19.3 Å². The van der Waals surface area contributed by atoms with Crippen molar-refractivity contribution in [2.24, 2.45) is 0 Å². The Morgan fingerprint density at radius 2 is 0.679 bits per heavy atom. The highest BCUT2D eigenvalue weighted by Gasteiger charge is 2.40. The van der Waals surface area contributed by atoms with Gasteiger partial charge < -0.3 is 65.6 Å². The van der Waals surface area contributed by atoms with Gasteiger partial charge in [0, 0.05) is 37.2 Å². The minimum absolute atomic E-state index is 0.00913. The molecular formula is C87H161N7O17S. The molecule has 0 radical (unpaired) electrons. The molecule has 25 heteroatoms. The zero-order chi connectivity index (χ0) is 84.2. The van der Waals surface area contributed by atoms with E-state index in [-0.39, 0.29) is 62.1 Å². The number of ether oxygens (including phenoxy) is 6. The molecule has 0 unspecified atom stereocenters. The lowest BCUT2D eigenvalue weighted by molar-refractivity contribution is -0.167. The predicted octanol–water partition coefficient (Wildman–Crippen LogP) is 16.0. The van der Waals surface area contributed by atoms with Crippen LogP contribution in [0.4, 0.5) is 0 Å². The highest BCUT2D eigenvalue weighted by Crippen LogP contribution is 2.22. The van der Waals surface area contributed by atoms with Gasteiger partial charge in [-0.2, -0.15) is 11.8 Å². The summed E-state index contributed by atoms with van der Waals surface area (Å²) in [5.74, 6) is -7.43. The minimum atomic E-state index is -1.51. The second kappa shape index (κ2) is 63.6. The smallest absolute Gasteiger partial charge is 0.331 e. The maximum absolute atomic E-state index is 14.4. The lowest BCUT2D eigenvalue weighted by Crippen LogP contribution is -2.62.